The third-order valence-corrected chi connectivity index (χ3v) is 6.94. The predicted octanol–water partition coefficient (Wildman–Crippen LogP) is 4.72. The smallest absolute Gasteiger partial charge is 0.282 e. The number of rotatable bonds is 9. The first-order valence-electron chi connectivity index (χ1n) is 11.9. The number of nitrogens with zero attached hydrogens (tertiary/aromatic N) is 4. The summed E-state index contributed by atoms with van der Waals surface area (Å²) in [6, 6.07) is 17.2. The summed E-state index contributed by atoms with van der Waals surface area (Å²) >= 11 is 1.48. The number of carbonyl (C=O) groups is 1. The molecular formula is C26H28N4O4S. The third kappa shape index (κ3) is 5.37. The average Bonchev–Trinajstić information content (AvgIpc) is 3.56. The molecule has 2 aromatic carbocycles. The summed E-state index contributed by atoms with van der Waals surface area (Å²) in [7, 11) is 0. The molecule has 1 fully saturated rings. The number of thiazole rings is 1. The van der Waals surface area contributed by atoms with Gasteiger partial charge in [0.25, 0.3) is 5.91 Å². The first-order valence-corrected chi connectivity index (χ1v) is 12.7. The van der Waals surface area contributed by atoms with Crippen molar-refractivity contribution in [3.63, 3.8) is 0 Å². The van der Waals surface area contributed by atoms with Crippen LogP contribution in [-0.2, 0) is 4.74 Å². The Morgan fingerprint density at radius 3 is 2.77 bits per heavy atom. The summed E-state index contributed by atoms with van der Waals surface area (Å²) in [5.74, 6) is 1.06. The van der Waals surface area contributed by atoms with Crippen molar-refractivity contribution in [2.24, 2.45) is 0 Å². The number of ether oxygens (including phenoxy) is 2. The molecular weight excluding hydrogens is 464 g/mol. The van der Waals surface area contributed by atoms with Crippen molar-refractivity contribution in [2.45, 2.75) is 13.3 Å². The Bertz CT molecular complexity index is 1270. The lowest BCUT2D eigenvalue weighted by atomic mass is 10.1. The molecule has 4 aromatic rings. The van der Waals surface area contributed by atoms with Crippen LogP contribution in [0.15, 0.2) is 59.1 Å². The van der Waals surface area contributed by atoms with Crippen LogP contribution in [0.1, 0.15) is 23.8 Å². The molecule has 0 atom stereocenters. The van der Waals surface area contributed by atoms with Gasteiger partial charge in [0.2, 0.25) is 0 Å². The second-order valence-electron chi connectivity index (χ2n) is 8.24. The Labute approximate surface area is 208 Å². The third-order valence-electron chi connectivity index (χ3n) is 5.89. The maximum atomic E-state index is 13.7. The van der Waals surface area contributed by atoms with Gasteiger partial charge in [-0.3, -0.25) is 14.6 Å². The highest BCUT2D eigenvalue weighted by Gasteiger charge is 2.25. The zero-order chi connectivity index (χ0) is 24.0. The molecule has 9 heteroatoms. The lowest BCUT2D eigenvalue weighted by Crippen LogP contribution is -2.39. The van der Waals surface area contributed by atoms with Gasteiger partial charge in [0.05, 0.1) is 24.5 Å². The van der Waals surface area contributed by atoms with E-state index in [4.69, 9.17) is 19.0 Å². The molecule has 8 nitrogen and oxygen atoms in total. The van der Waals surface area contributed by atoms with Crippen molar-refractivity contribution in [3.05, 3.63) is 60.3 Å². The van der Waals surface area contributed by atoms with Crippen molar-refractivity contribution >= 4 is 32.6 Å². The van der Waals surface area contributed by atoms with Crippen LogP contribution in [0.4, 0.5) is 5.13 Å². The SMILES string of the molecule is CCOc1cccc2sc(N(CCCN3CCOCC3)C(=O)c3cc(-c4ccccc4)on3)nc12. The minimum absolute atomic E-state index is 0.227. The molecule has 0 N–H and O–H groups in total. The average molecular weight is 493 g/mol. The molecule has 35 heavy (non-hydrogen) atoms. The van der Waals surface area contributed by atoms with Gasteiger partial charge >= 0.3 is 0 Å². The van der Waals surface area contributed by atoms with E-state index in [0.29, 0.717) is 24.0 Å². The number of morpholine rings is 1. The highest BCUT2D eigenvalue weighted by molar-refractivity contribution is 7.22. The van der Waals surface area contributed by atoms with Crippen molar-refractivity contribution in [1.82, 2.24) is 15.0 Å². The fourth-order valence-corrected chi connectivity index (χ4v) is 5.12. The summed E-state index contributed by atoms with van der Waals surface area (Å²) in [5.41, 5.74) is 1.91. The molecule has 182 valence electrons. The fourth-order valence-electron chi connectivity index (χ4n) is 4.11. The first kappa shape index (κ1) is 23.5. The zero-order valence-corrected chi connectivity index (χ0v) is 20.5. The number of hydrogen-bond acceptors (Lipinski definition) is 8. The molecule has 1 saturated heterocycles. The van der Waals surface area contributed by atoms with Gasteiger partial charge in [0.1, 0.15) is 11.3 Å². The molecule has 0 saturated carbocycles. The van der Waals surface area contributed by atoms with Gasteiger partial charge in [-0.2, -0.15) is 0 Å². The lowest BCUT2D eigenvalue weighted by Gasteiger charge is -2.27. The number of amides is 1. The van der Waals surface area contributed by atoms with Crippen molar-refractivity contribution in [3.8, 4) is 17.1 Å². The highest BCUT2D eigenvalue weighted by Crippen LogP contribution is 2.35. The standard InChI is InChI=1S/C26H28N4O4S/c1-2-33-21-10-6-11-23-24(21)27-26(35-23)30(13-7-12-29-14-16-32-17-15-29)25(31)20-18-22(34-28-20)19-8-4-3-5-9-19/h3-6,8-11,18H,2,7,12-17H2,1H3. The van der Waals surface area contributed by atoms with Gasteiger partial charge in [0.15, 0.2) is 16.6 Å². The highest BCUT2D eigenvalue weighted by atomic mass is 32.1. The summed E-state index contributed by atoms with van der Waals surface area (Å²) in [5, 5.41) is 4.72. The van der Waals surface area contributed by atoms with Crippen LogP contribution in [-0.4, -0.2) is 66.9 Å². The number of aromatic nitrogens is 2. The van der Waals surface area contributed by atoms with E-state index in [0.717, 1.165) is 60.8 Å². The van der Waals surface area contributed by atoms with Crippen LogP contribution in [0.3, 0.4) is 0 Å². The molecule has 2 aromatic heterocycles. The number of hydrogen-bond donors (Lipinski definition) is 0. The molecule has 0 spiro atoms. The van der Waals surface area contributed by atoms with E-state index in [1.165, 1.54) is 11.3 Å². The van der Waals surface area contributed by atoms with Gasteiger partial charge in [-0.05, 0) is 25.5 Å². The van der Waals surface area contributed by atoms with Gasteiger partial charge in [-0.25, -0.2) is 4.98 Å². The Hall–Kier alpha value is -3.27. The van der Waals surface area contributed by atoms with Crippen LogP contribution in [0.2, 0.25) is 0 Å². The first-order chi connectivity index (χ1) is 17.2. The number of carbonyl (C=O) groups excluding carboxylic acids is 1. The van der Waals surface area contributed by atoms with Crippen LogP contribution in [0, 0.1) is 0 Å². The van der Waals surface area contributed by atoms with Crippen molar-refractivity contribution < 1.29 is 18.8 Å². The van der Waals surface area contributed by atoms with E-state index >= 15 is 0 Å². The Morgan fingerprint density at radius 1 is 1.14 bits per heavy atom. The van der Waals surface area contributed by atoms with Crippen LogP contribution >= 0.6 is 11.3 Å². The van der Waals surface area contributed by atoms with Crippen LogP contribution < -0.4 is 9.64 Å². The maximum absolute atomic E-state index is 13.7. The van der Waals surface area contributed by atoms with Gasteiger partial charge in [-0.1, -0.05) is 52.9 Å². The van der Waals surface area contributed by atoms with E-state index < -0.39 is 0 Å². The quantitative estimate of drug-likeness (QED) is 0.334. The topological polar surface area (TPSA) is 80.9 Å². The molecule has 1 aliphatic rings. The van der Waals surface area contributed by atoms with Gasteiger partial charge in [-0.15, -0.1) is 0 Å². The fraction of sp³-hybridized carbons (Fsp3) is 0.346. The minimum Gasteiger partial charge on any atom is -0.492 e. The number of benzene rings is 2. The molecule has 5 rings (SSSR count). The van der Waals surface area contributed by atoms with Gasteiger partial charge in [0, 0.05) is 37.8 Å². The molecule has 1 aliphatic heterocycles. The van der Waals surface area contributed by atoms with E-state index in [-0.39, 0.29) is 11.6 Å². The van der Waals surface area contributed by atoms with E-state index in [9.17, 15) is 4.79 Å². The largest absolute Gasteiger partial charge is 0.492 e. The summed E-state index contributed by atoms with van der Waals surface area (Å²) in [4.78, 5) is 22.6. The molecule has 0 aliphatic carbocycles. The molecule has 3 heterocycles. The number of para-hydroxylation sites is 1. The molecule has 0 unspecified atom stereocenters. The number of anilines is 1. The Balaban J connectivity index is 1.41. The van der Waals surface area contributed by atoms with Crippen molar-refractivity contribution in [1.29, 1.82) is 0 Å². The second kappa shape index (κ2) is 11.0. The summed E-state index contributed by atoms with van der Waals surface area (Å²) in [6.07, 6.45) is 0.809. The Kier molecular flexibility index (Phi) is 7.37. The Morgan fingerprint density at radius 2 is 1.97 bits per heavy atom. The lowest BCUT2D eigenvalue weighted by molar-refractivity contribution is 0.0376. The van der Waals surface area contributed by atoms with Gasteiger partial charge < -0.3 is 14.0 Å². The normalized spacial score (nSPS) is 14.3. The number of fused-ring (bicyclic) bond motifs is 1. The van der Waals surface area contributed by atoms with Crippen LogP contribution in [0.5, 0.6) is 5.75 Å². The monoisotopic (exact) mass is 492 g/mol. The van der Waals surface area contributed by atoms with Crippen molar-refractivity contribution in [2.75, 3.05) is 50.9 Å². The predicted molar refractivity (Wildman–Crippen MR) is 136 cm³/mol. The van der Waals surface area contributed by atoms with E-state index in [1.807, 2.05) is 55.5 Å². The summed E-state index contributed by atoms with van der Waals surface area (Å²) < 4.78 is 17.7. The summed E-state index contributed by atoms with van der Waals surface area (Å²) in [6.45, 7) is 7.23. The zero-order valence-electron chi connectivity index (χ0n) is 19.7. The van der Waals surface area contributed by atoms with E-state index in [2.05, 4.69) is 10.1 Å². The van der Waals surface area contributed by atoms with Crippen LogP contribution in [0.25, 0.3) is 21.5 Å². The molecule has 0 radical (unpaired) electrons. The molecule has 0 bridgehead atoms. The van der Waals surface area contributed by atoms with E-state index in [1.54, 1.807) is 11.0 Å². The maximum Gasteiger partial charge on any atom is 0.282 e. The minimum atomic E-state index is -0.227. The molecule has 1 amide bonds. The second-order valence-corrected chi connectivity index (χ2v) is 9.25.